The van der Waals surface area contributed by atoms with Crippen LogP contribution in [0.5, 0.6) is 0 Å². The number of carbonyl (C=O) groups excluding carboxylic acids is 1. The highest BCUT2D eigenvalue weighted by molar-refractivity contribution is 5.81. The highest BCUT2D eigenvalue weighted by Gasteiger charge is 2.29. The molecule has 2 rings (SSSR count). The largest absolute Gasteiger partial charge is 0.368 e. The third-order valence-electron chi connectivity index (χ3n) is 3.84. The maximum absolute atomic E-state index is 12.2. The smallest absolute Gasteiger partial charge is 0.251 e. The second-order valence-electron chi connectivity index (χ2n) is 5.07. The second kappa shape index (κ2) is 6.36. The predicted molar refractivity (Wildman–Crippen MR) is 66.8 cm³/mol. The fraction of sp³-hybridized carbons (Fsp3) is 0.923. The molecule has 0 unspecified atom stereocenters. The second-order valence-corrected chi connectivity index (χ2v) is 5.07. The Morgan fingerprint density at radius 1 is 1.35 bits per heavy atom. The number of hydrogen-bond donors (Lipinski definition) is 1. The Kier molecular flexibility index (Phi) is 4.80. The molecule has 0 aromatic rings. The van der Waals surface area contributed by atoms with Gasteiger partial charge < -0.3 is 15.0 Å². The number of ether oxygens (including phenoxy) is 1. The molecule has 1 amide bonds. The minimum absolute atomic E-state index is 0.156. The minimum atomic E-state index is -0.156. The number of nitrogens with zero attached hydrogens (tertiary/aromatic N) is 1. The van der Waals surface area contributed by atoms with Gasteiger partial charge in [0.25, 0.3) is 5.91 Å². The molecule has 0 aliphatic carbocycles. The average Bonchev–Trinajstić information content (AvgIpc) is 2.90. The van der Waals surface area contributed by atoms with Crippen LogP contribution in [0.4, 0.5) is 0 Å². The van der Waals surface area contributed by atoms with Crippen molar-refractivity contribution in [3.05, 3.63) is 0 Å². The number of carbonyl (C=O) groups is 1. The van der Waals surface area contributed by atoms with Crippen LogP contribution in [0, 0.1) is 5.92 Å². The number of rotatable bonds is 4. The van der Waals surface area contributed by atoms with Crippen molar-refractivity contribution in [1.82, 2.24) is 10.2 Å². The molecule has 0 bridgehead atoms. The molecule has 0 radical (unpaired) electrons. The fourth-order valence-corrected chi connectivity index (χ4v) is 2.73. The van der Waals surface area contributed by atoms with Gasteiger partial charge in [-0.1, -0.05) is 0 Å². The van der Waals surface area contributed by atoms with E-state index < -0.39 is 0 Å². The molecular weight excluding hydrogens is 216 g/mol. The Morgan fingerprint density at radius 3 is 2.71 bits per heavy atom. The summed E-state index contributed by atoms with van der Waals surface area (Å²) >= 11 is 0. The lowest BCUT2D eigenvalue weighted by molar-refractivity contribution is -0.141. The van der Waals surface area contributed by atoms with Gasteiger partial charge in [0.1, 0.15) is 6.10 Å². The van der Waals surface area contributed by atoms with Crippen molar-refractivity contribution in [3.8, 4) is 0 Å². The van der Waals surface area contributed by atoms with E-state index in [0.717, 1.165) is 45.6 Å². The van der Waals surface area contributed by atoms with E-state index in [0.29, 0.717) is 5.92 Å². The third-order valence-corrected chi connectivity index (χ3v) is 3.84. The molecule has 4 heteroatoms. The zero-order valence-corrected chi connectivity index (χ0v) is 10.8. The van der Waals surface area contributed by atoms with Crippen LogP contribution in [0.25, 0.3) is 0 Å². The molecule has 0 spiro atoms. The Morgan fingerprint density at radius 2 is 2.12 bits per heavy atom. The number of hydrogen-bond acceptors (Lipinski definition) is 3. The van der Waals surface area contributed by atoms with E-state index in [1.807, 2.05) is 4.90 Å². The summed E-state index contributed by atoms with van der Waals surface area (Å²) in [6, 6.07) is 0. The van der Waals surface area contributed by atoms with Crippen LogP contribution in [-0.2, 0) is 9.53 Å². The highest BCUT2D eigenvalue weighted by atomic mass is 16.5. The Hall–Kier alpha value is -0.610. The van der Waals surface area contributed by atoms with Gasteiger partial charge in [0.05, 0.1) is 0 Å². The van der Waals surface area contributed by atoms with E-state index in [9.17, 15) is 4.79 Å². The number of nitrogens with one attached hydrogen (secondary N) is 1. The molecule has 0 saturated carbocycles. The van der Waals surface area contributed by atoms with Crippen molar-refractivity contribution < 1.29 is 9.53 Å². The van der Waals surface area contributed by atoms with Gasteiger partial charge in [-0.3, -0.25) is 4.79 Å². The summed E-state index contributed by atoms with van der Waals surface area (Å²) in [5.74, 6) is 0.880. The van der Waals surface area contributed by atoms with E-state index in [1.54, 1.807) is 0 Å². The number of likely N-dealkylation sites (N-methyl/N-ethyl adjacent to an activating group) is 1. The van der Waals surface area contributed by atoms with Gasteiger partial charge in [0.15, 0.2) is 0 Å². The first-order valence-corrected chi connectivity index (χ1v) is 6.92. The molecule has 98 valence electrons. The molecule has 2 aliphatic rings. The molecule has 1 N–H and O–H groups in total. The first-order chi connectivity index (χ1) is 8.31. The van der Waals surface area contributed by atoms with Gasteiger partial charge in [-0.2, -0.15) is 0 Å². The topological polar surface area (TPSA) is 41.6 Å². The van der Waals surface area contributed by atoms with Gasteiger partial charge in [0, 0.05) is 19.7 Å². The molecule has 17 heavy (non-hydrogen) atoms. The summed E-state index contributed by atoms with van der Waals surface area (Å²) in [6.45, 7) is 6.72. The van der Waals surface area contributed by atoms with Crippen LogP contribution < -0.4 is 5.32 Å². The van der Waals surface area contributed by atoms with Crippen LogP contribution in [-0.4, -0.2) is 49.7 Å². The van der Waals surface area contributed by atoms with Crippen molar-refractivity contribution in [1.29, 1.82) is 0 Å². The zero-order chi connectivity index (χ0) is 12.1. The molecule has 1 atom stereocenters. The van der Waals surface area contributed by atoms with Crippen LogP contribution in [0.1, 0.15) is 32.6 Å². The van der Waals surface area contributed by atoms with Gasteiger partial charge >= 0.3 is 0 Å². The minimum Gasteiger partial charge on any atom is -0.368 e. The van der Waals surface area contributed by atoms with Gasteiger partial charge in [-0.25, -0.2) is 0 Å². The predicted octanol–water partition coefficient (Wildman–Crippen LogP) is 1.01. The molecule has 0 aromatic carbocycles. The van der Waals surface area contributed by atoms with E-state index in [-0.39, 0.29) is 12.0 Å². The van der Waals surface area contributed by atoms with Crippen LogP contribution in [0.15, 0.2) is 0 Å². The average molecular weight is 240 g/mol. The summed E-state index contributed by atoms with van der Waals surface area (Å²) in [6.07, 6.45) is 4.16. The Balaban J connectivity index is 1.83. The third kappa shape index (κ3) is 3.42. The lowest BCUT2D eigenvalue weighted by atomic mass is 9.97. The van der Waals surface area contributed by atoms with E-state index in [1.165, 1.54) is 12.8 Å². The normalized spacial score (nSPS) is 26.1. The SMILES string of the molecule is CCN(CC1CCNCC1)C(=O)[C@@H]1CCCO1. The zero-order valence-electron chi connectivity index (χ0n) is 10.8. The van der Waals surface area contributed by atoms with Crippen molar-refractivity contribution in [3.63, 3.8) is 0 Å². The molecule has 2 fully saturated rings. The lowest BCUT2D eigenvalue weighted by Crippen LogP contribution is -2.43. The lowest BCUT2D eigenvalue weighted by Gasteiger charge is -2.30. The molecular formula is C13H24N2O2. The standard InChI is InChI=1S/C13H24N2O2/c1-2-15(10-11-5-7-14-8-6-11)13(16)12-4-3-9-17-12/h11-12,14H,2-10H2,1H3/t12-/m0/s1. The van der Waals surface area contributed by atoms with Crippen molar-refractivity contribution in [2.75, 3.05) is 32.8 Å². The van der Waals surface area contributed by atoms with Gasteiger partial charge in [-0.15, -0.1) is 0 Å². The highest BCUT2D eigenvalue weighted by Crippen LogP contribution is 2.18. The molecule has 2 saturated heterocycles. The van der Waals surface area contributed by atoms with Gasteiger partial charge in [-0.05, 0) is 51.6 Å². The van der Waals surface area contributed by atoms with Crippen LogP contribution >= 0.6 is 0 Å². The van der Waals surface area contributed by atoms with Crippen LogP contribution in [0.3, 0.4) is 0 Å². The van der Waals surface area contributed by atoms with Crippen molar-refractivity contribution in [2.24, 2.45) is 5.92 Å². The number of piperidine rings is 1. The van der Waals surface area contributed by atoms with E-state index in [4.69, 9.17) is 4.74 Å². The van der Waals surface area contributed by atoms with Crippen molar-refractivity contribution >= 4 is 5.91 Å². The molecule has 2 aliphatic heterocycles. The Labute approximate surface area is 104 Å². The monoisotopic (exact) mass is 240 g/mol. The van der Waals surface area contributed by atoms with Crippen molar-refractivity contribution in [2.45, 2.75) is 38.7 Å². The maximum atomic E-state index is 12.2. The molecule has 4 nitrogen and oxygen atoms in total. The van der Waals surface area contributed by atoms with Gasteiger partial charge in [0.2, 0.25) is 0 Å². The molecule has 2 heterocycles. The summed E-state index contributed by atoms with van der Waals surface area (Å²) in [7, 11) is 0. The first-order valence-electron chi connectivity index (χ1n) is 6.92. The molecule has 0 aromatic heterocycles. The summed E-state index contributed by atoms with van der Waals surface area (Å²) in [5, 5.41) is 3.36. The summed E-state index contributed by atoms with van der Waals surface area (Å²) < 4.78 is 5.48. The fourth-order valence-electron chi connectivity index (χ4n) is 2.73. The van der Waals surface area contributed by atoms with Crippen LogP contribution in [0.2, 0.25) is 0 Å². The quantitative estimate of drug-likeness (QED) is 0.797. The summed E-state index contributed by atoms with van der Waals surface area (Å²) in [4.78, 5) is 14.2. The maximum Gasteiger partial charge on any atom is 0.251 e. The summed E-state index contributed by atoms with van der Waals surface area (Å²) in [5.41, 5.74) is 0. The number of amides is 1. The first kappa shape index (κ1) is 12.8. The van der Waals surface area contributed by atoms with E-state index >= 15 is 0 Å². The Bertz CT molecular complexity index is 246. The van der Waals surface area contributed by atoms with E-state index in [2.05, 4.69) is 12.2 Å².